The lowest BCUT2D eigenvalue weighted by Gasteiger charge is -2.32. The van der Waals surface area contributed by atoms with Gasteiger partial charge in [0.05, 0.1) is 5.56 Å². The largest absolute Gasteiger partial charge is 0.416 e. The summed E-state index contributed by atoms with van der Waals surface area (Å²) in [6.07, 6.45) is -3.27. The average Bonchev–Trinajstić information content (AvgIpc) is 2.64. The van der Waals surface area contributed by atoms with Crippen molar-refractivity contribution in [3.05, 3.63) is 59.1 Å². The molecule has 5 nitrogen and oxygen atoms in total. The summed E-state index contributed by atoms with van der Waals surface area (Å²) in [4.78, 5) is 26.4. The van der Waals surface area contributed by atoms with E-state index in [1.807, 2.05) is 0 Å². The first kappa shape index (κ1) is 20.0. The van der Waals surface area contributed by atoms with E-state index in [0.29, 0.717) is 30.1 Å². The predicted octanol–water partition coefficient (Wildman–Crippen LogP) is 4.68. The molecule has 2 aromatic rings. The number of hydrogen-bond acceptors (Lipinski definition) is 2. The fourth-order valence-electron chi connectivity index (χ4n) is 2.95. The summed E-state index contributed by atoms with van der Waals surface area (Å²) in [6, 6.07) is 9.51. The first-order chi connectivity index (χ1) is 13.2. The number of carbonyl (C=O) groups excluding carboxylic acids is 2. The zero-order valence-electron chi connectivity index (χ0n) is 14.6. The SMILES string of the molecule is O=C(Nc1ccc(C(F)(F)F)cc1)NC1CCCN(c2ccc(Cl)cc2)C1=O. The molecule has 0 aromatic heterocycles. The van der Waals surface area contributed by atoms with E-state index in [1.54, 1.807) is 29.2 Å². The molecular formula is C19H17ClF3N3O2. The summed E-state index contributed by atoms with van der Waals surface area (Å²) in [5.41, 5.74) is 0.0758. The molecule has 9 heteroatoms. The van der Waals surface area contributed by atoms with Gasteiger partial charge in [0, 0.05) is 22.9 Å². The molecule has 0 saturated carbocycles. The Morgan fingerprint density at radius 3 is 2.32 bits per heavy atom. The number of urea groups is 1. The van der Waals surface area contributed by atoms with Crippen LogP contribution in [-0.4, -0.2) is 24.5 Å². The van der Waals surface area contributed by atoms with E-state index in [0.717, 1.165) is 24.3 Å². The van der Waals surface area contributed by atoms with Gasteiger partial charge in [0.25, 0.3) is 0 Å². The highest BCUT2D eigenvalue weighted by Gasteiger charge is 2.31. The summed E-state index contributed by atoms with van der Waals surface area (Å²) in [5, 5.41) is 5.58. The van der Waals surface area contributed by atoms with E-state index in [9.17, 15) is 22.8 Å². The summed E-state index contributed by atoms with van der Waals surface area (Å²) in [7, 11) is 0. The quantitative estimate of drug-likeness (QED) is 0.770. The van der Waals surface area contributed by atoms with Gasteiger partial charge < -0.3 is 15.5 Å². The van der Waals surface area contributed by atoms with Gasteiger partial charge in [-0.3, -0.25) is 4.79 Å². The molecule has 1 unspecified atom stereocenters. The van der Waals surface area contributed by atoms with Gasteiger partial charge in [-0.15, -0.1) is 0 Å². The van der Waals surface area contributed by atoms with Crippen LogP contribution < -0.4 is 15.5 Å². The van der Waals surface area contributed by atoms with Crippen LogP contribution in [0, 0.1) is 0 Å². The van der Waals surface area contributed by atoms with Gasteiger partial charge in [0.2, 0.25) is 5.91 Å². The second kappa shape index (κ2) is 8.10. The van der Waals surface area contributed by atoms with Crippen LogP contribution in [0.15, 0.2) is 48.5 Å². The van der Waals surface area contributed by atoms with Crippen LogP contribution in [0.4, 0.5) is 29.3 Å². The lowest BCUT2D eigenvalue weighted by molar-refractivity contribution is -0.137. The Hall–Kier alpha value is -2.74. The molecule has 148 valence electrons. The molecule has 2 N–H and O–H groups in total. The van der Waals surface area contributed by atoms with Crippen LogP contribution >= 0.6 is 11.6 Å². The Balaban J connectivity index is 1.61. The third-order valence-electron chi connectivity index (χ3n) is 4.35. The van der Waals surface area contributed by atoms with E-state index in [1.165, 1.54) is 0 Å². The molecular weight excluding hydrogens is 395 g/mol. The van der Waals surface area contributed by atoms with Crippen LogP contribution in [0.3, 0.4) is 0 Å². The average molecular weight is 412 g/mol. The first-order valence-electron chi connectivity index (χ1n) is 8.56. The van der Waals surface area contributed by atoms with Crippen molar-refractivity contribution in [1.82, 2.24) is 5.32 Å². The topological polar surface area (TPSA) is 61.4 Å². The van der Waals surface area contributed by atoms with E-state index >= 15 is 0 Å². The first-order valence-corrected chi connectivity index (χ1v) is 8.93. The summed E-state index contributed by atoms with van der Waals surface area (Å²) < 4.78 is 37.8. The van der Waals surface area contributed by atoms with Crippen molar-refractivity contribution in [2.45, 2.75) is 25.1 Å². The van der Waals surface area contributed by atoms with Crippen molar-refractivity contribution in [3.63, 3.8) is 0 Å². The molecule has 28 heavy (non-hydrogen) atoms. The number of nitrogens with one attached hydrogen (secondary N) is 2. The van der Waals surface area contributed by atoms with Gasteiger partial charge in [-0.1, -0.05) is 11.6 Å². The maximum absolute atomic E-state index is 12.7. The van der Waals surface area contributed by atoms with Crippen LogP contribution in [0.25, 0.3) is 0 Å². The smallest absolute Gasteiger partial charge is 0.326 e. The fraction of sp³-hybridized carbons (Fsp3) is 0.263. The Labute approximate surface area is 164 Å². The Morgan fingerprint density at radius 1 is 1.07 bits per heavy atom. The van der Waals surface area contributed by atoms with Crippen LogP contribution in [-0.2, 0) is 11.0 Å². The molecule has 3 amide bonds. The molecule has 0 radical (unpaired) electrons. The molecule has 0 aliphatic carbocycles. The van der Waals surface area contributed by atoms with E-state index in [2.05, 4.69) is 10.6 Å². The third-order valence-corrected chi connectivity index (χ3v) is 4.60. The van der Waals surface area contributed by atoms with E-state index in [4.69, 9.17) is 11.6 Å². The Kier molecular flexibility index (Phi) is 5.79. The normalized spacial score (nSPS) is 17.4. The number of benzene rings is 2. The van der Waals surface area contributed by atoms with Gasteiger partial charge in [0.1, 0.15) is 6.04 Å². The van der Waals surface area contributed by atoms with Crippen LogP contribution in [0.1, 0.15) is 18.4 Å². The summed E-state index contributed by atoms with van der Waals surface area (Å²) >= 11 is 5.87. The minimum atomic E-state index is -4.44. The number of halogens is 4. The molecule has 0 spiro atoms. The fourth-order valence-corrected chi connectivity index (χ4v) is 3.08. The van der Waals surface area contributed by atoms with Gasteiger partial charge >= 0.3 is 12.2 Å². The Morgan fingerprint density at radius 2 is 1.71 bits per heavy atom. The number of hydrogen-bond donors (Lipinski definition) is 2. The molecule has 1 aliphatic rings. The predicted molar refractivity (Wildman–Crippen MR) is 100 cm³/mol. The van der Waals surface area contributed by atoms with E-state index in [-0.39, 0.29) is 11.6 Å². The highest BCUT2D eigenvalue weighted by Crippen LogP contribution is 2.30. The maximum Gasteiger partial charge on any atom is 0.416 e. The van der Waals surface area contributed by atoms with Gasteiger partial charge in [-0.2, -0.15) is 13.2 Å². The molecule has 1 saturated heterocycles. The number of nitrogens with zero attached hydrogens (tertiary/aromatic N) is 1. The maximum atomic E-state index is 12.7. The third kappa shape index (κ3) is 4.75. The lowest BCUT2D eigenvalue weighted by Crippen LogP contribution is -2.53. The van der Waals surface area contributed by atoms with Crippen molar-refractivity contribution >= 4 is 34.9 Å². The zero-order chi connectivity index (χ0) is 20.3. The van der Waals surface area contributed by atoms with Crippen molar-refractivity contribution in [1.29, 1.82) is 0 Å². The Bertz CT molecular complexity index is 854. The summed E-state index contributed by atoms with van der Waals surface area (Å²) in [6.45, 7) is 0.527. The molecule has 1 heterocycles. The number of alkyl halides is 3. The number of carbonyl (C=O) groups is 2. The summed E-state index contributed by atoms with van der Waals surface area (Å²) in [5.74, 6) is -0.254. The van der Waals surface area contributed by atoms with Crippen LogP contribution in [0.2, 0.25) is 5.02 Å². The number of anilines is 2. The van der Waals surface area contributed by atoms with Crippen molar-refractivity contribution in [2.75, 3.05) is 16.8 Å². The zero-order valence-corrected chi connectivity index (χ0v) is 15.3. The number of amides is 3. The van der Waals surface area contributed by atoms with Crippen molar-refractivity contribution in [3.8, 4) is 0 Å². The molecule has 1 fully saturated rings. The second-order valence-corrected chi connectivity index (χ2v) is 6.77. The highest BCUT2D eigenvalue weighted by atomic mass is 35.5. The molecule has 3 rings (SSSR count). The molecule has 1 atom stereocenters. The van der Waals surface area contributed by atoms with Gasteiger partial charge in [-0.05, 0) is 61.4 Å². The van der Waals surface area contributed by atoms with Crippen molar-refractivity contribution in [2.24, 2.45) is 0 Å². The van der Waals surface area contributed by atoms with Gasteiger partial charge in [-0.25, -0.2) is 4.79 Å². The minimum Gasteiger partial charge on any atom is -0.326 e. The van der Waals surface area contributed by atoms with E-state index < -0.39 is 23.8 Å². The minimum absolute atomic E-state index is 0.198. The van der Waals surface area contributed by atoms with Crippen molar-refractivity contribution < 1.29 is 22.8 Å². The highest BCUT2D eigenvalue weighted by molar-refractivity contribution is 6.30. The molecule has 2 aromatic carbocycles. The van der Waals surface area contributed by atoms with Crippen LogP contribution in [0.5, 0.6) is 0 Å². The van der Waals surface area contributed by atoms with Gasteiger partial charge in [0.15, 0.2) is 0 Å². The number of rotatable bonds is 3. The molecule has 0 bridgehead atoms. The lowest BCUT2D eigenvalue weighted by atomic mass is 10.0. The number of piperidine rings is 1. The standard InChI is InChI=1S/C19H17ClF3N3O2/c20-13-5-9-15(10-6-13)26-11-1-2-16(17(26)27)25-18(28)24-14-7-3-12(4-8-14)19(21,22)23/h3-10,16H,1-2,11H2,(H2,24,25,28). The monoisotopic (exact) mass is 411 g/mol. The second-order valence-electron chi connectivity index (χ2n) is 6.33. The molecule has 1 aliphatic heterocycles.